The Morgan fingerprint density at radius 1 is 1.05 bits per heavy atom. The number of nitrogens with zero attached hydrogens (tertiary/aromatic N) is 1. The maximum absolute atomic E-state index is 5.94. The number of aliphatic imine (C=N–C) groups is 1. The Balaban J connectivity index is 1.99. The van der Waals surface area contributed by atoms with Crippen molar-refractivity contribution in [1.82, 2.24) is 0 Å². The largest absolute Gasteiger partial charge is 0.492 e. The second-order valence-corrected chi connectivity index (χ2v) is 5.47. The van der Waals surface area contributed by atoms with Gasteiger partial charge in [0.15, 0.2) is 0 Å². The van der Waals surface area contributed by atoms with Gasteiger partial charge in [-0.1, -0.05) is 24.3 Å². The molecular weight excluding hydrogens is 234 g/mol. The molecule has 0 aromatic heterocycles. The Morgan fingerprint density at radius 3 is 2.74 bits per heavy atom. The van der Waals surface area contributed by atoms with Crippen LogP contribution in [0.25, 0.3) is 0 Å². The summed E-state index contributed by atoms with van der Waals surface area (Å²) in [5, 5.41) is 0. The van der Waals surface area contributed by atoms with Crippen LogP contribution in [0.5, 0.6) is 5.75 Å². The molecule has 0 amide bonds. The zero-order chi connectivity index (χ0) is 13.0. The van der Waals surface area contributed by atoms with E-state index < -0.39 is 0 Å². The normalized spacial score (nSPS) is 22.4. The minimum Gasteiger partial charge on any atom is -0.492 e. The second-order valence-electron chi connectivity index (χ2n) is 5.47. The van der Waals surface area contributed by atoms with Gasteiger partial charge in [0.05, 0.1) is 11.1 Å². The zero-order valence-electron chi connectivity index (χ0n) is 11.1. The molecule has 0 aliphatic carbocycles. The third kappa shape index (κ3) is 1.29. The highest BCUT2D eigenvalue weighted by molar-refractivity contribution is 5.91. The minimum absolute atomic E-state index is 0.176. The predicted molar refractivity (Wildman–Crippen MR) is 76.8 cm³/mol. The summed E-state index contributed by atoms with van der Waals surface area (Å²) >= 11 is 0. The Labute approximate surface area is 112 Å². The molecule has 0 N–H and O–H groups in total. The van der Waals surface area contributed by atoms with E-state index in [9.17, 15) is 0 Å². The molecule has 0 bridgehead atoms. The van der Waals surface area contributed by atoms with Gasteiger partial charge in [0, 0.05) is 11.8 Å². The number of hydrogen-bond acceptors (Lipinski definition) is 2. The van der Waals surface area contributed by atoms with Crippen molar-refractivity contribution < 1.29 is 4.74 Å². The summed E-state index contributed by atoms with van der Waals surface area (Å²) in [7, 11) is 0. The molecule has 0 saturated heterocycles. The number of ether oxygens (including phenoxy) is 1. The lowest BCUT2D eigenvalue weighted by Gasteiger charge is -2.20. The van der Waals surface area contributed by atoms with Gasteiger partial charge >= 0.3 is 0 Å². The van der Waals surface area contributed by atoms with Crippen LogP contribution in [0.1, 0.15) is 22.3 Å². The molecule has 2 aromatic carbocycles. The highest BCUT2D eigenvalue weighted by atomic mass is 16.5. The van der Waals surface area contributed by atoms with Gasteiger partial charge in [-0.25, -0.2) is 0 Å². The summed E-state index contributed by atoms with van der Waals surface area (Å²) in [5.41, 5.74) is 5.99. The molecule has 1 spiro atoms. The first kappa shape index (κ1) is 10.8. The molecule has 2 heteroatoms. The van der Waals surface area contributed by atoms with Crippen molar-refractivity contribution in [2.24, 2.45) is 4.99 Å². The fourth-order valence-corrected chi connectivity index (χ4v) is 3.07. The smallest absolute Gasteiger partial charge is 0.124 e. The lowest BCUT2D eigenvalue weighted by molar-refractivity contribution is 0.328. The summed E-state index contributed by atoms with van der Waals surface area (Å²) < 4.78 is 5.94. The van der Waals surface area contributed by atoms with Gasteiger partial charge in [0.2, 0.25) is 0 Å². The molecule has 2 heterocycles. The van der Waals surface area contributed by atoms with Crippen LogP contribution in [0, 0.1) is 13.8 Å². The topological polar surface area (TPSA) is 21.6 Å². The third-order valence-corrected chi connectivity index (χ3v) is 4.34. The van der Waals surface area contributed by atoms with Crippen LogP contribution in [-0.2, 0) is 5.41 Å². The first-order chi connectivity index (χ1) is 9.21. The molecule has 19 heavy (non-hydrogen) atoms. The van der Waals surface area contributed by atoms with E-state index in [2.05, 4.69) is 55.4 Å². The van der Waals surface area contributed by atoms with E-state index in [1.54, 1.807) is 0 Å². The highest BCUT2D eigenvalue weighted by Crippen LogP contribution is 2.49. The molecule has 0 radical (unpaired) electrons. The Morgan fingerprint density at radius 2 is 1.84 bits per heavy atom. The molecule has 1 atom stereocenters. The number of para-hydroxylation sites is 1. The standard InChI is InChI=1S/C17H15NO/c1-11-7-14-16(8-12(11)2)19-10-17(14)9-18-15-6-4-3-5-13(15)17/h3-9H,10H2,1-2H3. The van der Waals surface area contributed by atoms with Gasteiger partial charge in [-0.05, 0) is 42.7 Å². The predicted octanol–water partition coefficient (Wildman–Crippen LogP) is 3.70. The quantitative estimate of drug-likeness (QED) is 0.697. The molecule has 4 rings (SSSR count). The van der Waals surface area contributed by atoms with Crippen LogP contribution in [0.2, 0.25) is 0 Å². The van der Waals surface area contributed by atoms with E-state index in [-0.39, 0.29) is 5.41 Å². The minimum atomic E-state index is -0.176. The van der Waals surface area contributed by atoms with Gasteiger partial charge in [-0.3, -0.25) is 4.99 Å². The highest BCUT2D eigenvalue weighted by Gasteiger charge is 2.45. The van der Waals surface area contributed by atoms with E-state index in [4.69, 9.17) is 4.74 Å². The number of hydrogen-bond donors (Lipinski definition) is 0. The second kappa shape index (κ2) is 3.47. The maximum atomic E-state index is 5.94. The molecule has 94 valence electrons. The number of fused-ring (bicyclic) bond motifs is 4. The first-order valence-electron chi connectivity index (χ1n) is 6.60. The number of aryl methyl sites for hydroxylation is 2. The Bertz CT molecular complexity index is 717. The fourth-order valence-electron chi connectivity index (χ4n) is 3.07. The third-order valence-electron chi connectivity index (χ3n) is 4.34. The number of rotatable bonds is 0. The van der Waals surface area contributed by atoms with Gasteiger partial charge in [0.1, 0.15) is 12.4 Å². The van der Waals surface area contributed by atoms with E-state index >= 15 is 0 Å². The van der Waals surface area contributed by atoms with E-state index in [0.717, 1.165) is 11.4 Å². The lowest BCUT2D eigenvalue weighted by atomic mass is 9.77. The summed E-state index contributed by atoms with van der Waals surface area (Å²) in [6.45, 7) is 4.94. The zero-order valence-corrected chi connectivity index (χ0v) is 11.1. The number of benzene rings is 2. The molecule has 0 fully saturated rings. The maximum Gasteiger partial charge on any atom is 0.124 e. The van der Waals surface area contributed by atoms with E-state index in [1.807, 2.05) is 6.07 Å². The average molecular weight is 249 g/mol. The van der Waals surface area contributed by atoms with Gasteiger partial charge in [-0.2, -0.15) is 0 Å². The monoisotopic (exact) mass is 249 g/mol. The van der Waals surface area contributed by atoms with Crippen molar-refractivity contribution >= 4 is 11.9 Å². The van der Waals surface area contributed by atoms with Crippen molar-refractivity contribution in [3.05, 3.63) is 58.7 Å². The molecule has 1 unspecified atom stereocenters. The lowest BCUT2D eigenvalue weighted by Crippen LogP contribution is -2.28. The van der Waals surface area contributed by atoms with Gasteiger partial charge < -0.3 is 4.74 Å². The molecule has 2 nitrogen and oxygen atoms in total. The molecular formula is C17H15NO. The van der Waals surface area contributed by atoms with E-state index in [1.165, 1.54) is 22.3 Å². The molecule has 2 aromatic rings. The van der Waals surface area contributed by atoms with Crippen LogP contribution in [0.4, 0.5) is 5.69 Å². The van der Waals surface area contributed by atoms with Crippen LogP contribution in [0.15, 0.2) is 41.4 Å². The summed E-state index contributed by atoms with van der Waals surface area (Å²) in [4.78, 5) is 4.58. The van der Waals surface area contributed by atoms with Gasteiger partial charge in [0.25, 0.3) is 0 Å². The van der Waals surface area contributed by atoms with Crippen molar-refractivity contribution in [1.29, 1.82) is 0 Å². The van der Waals surface area contributed by atoms with Gasteiger partial charge in [-0.15, -0.1) is 0 Å². The van der Waals surface area contributed by atoms with Crippen LogP contribution >= 0.6 is 0 Å². The summed E-state index contributed by atoms with van der Waals surface area (Å²) in [5.74, 6) is 1.01. The molecule has 0 saturated carbocycles. The van der Waals surface area contributed by atoms with Crippen molar-refractivity contribution in [2.45, 2.75) is 19.3 Å². The fraction of sp³-hybridized carbons (Fsp3) is 0.235. The average Bonchev–Trinajstić information content (AvgIpc) is 2.96. The summed E-state index contributed by atoms with van der Waals surface area (Å²) in [6.07, 6.45) is 2.05. The summed E-state index contributed by atoms with van der Waals surface area (Å²) in [6, 6.07) is 12.7. The Kier molecular flexibility index (Phi) is 1.97. The van der Waals surface area contributed by atoms with Crippen molar-refractivity contribution in [3.63, 3.8) is 0 Å². The SMILES string of the molecule is Cc1cc2c(cc1C)C1(C=Nc3ccccc31)CO2. The van der Waals surface area contributed by atoms with Crippen molar-refractivity contribution in [3.8, 4) is 5.75 Å². The van der Waals surface area contributed by atoms with E-state index in [0.29, 0.717) is 6.61 Å². The Hall–Kier alpha value is -2.09. The van der Waals surface area contributed by atoms with Crippen molar-refractivity contribution in [2.75, 3.05) is 6.61 Å². The first-order valence-corrected chi connectivity index (χ1v) is 6.60. The van der Waals surface area contributed by atoms with Crippen LogP contribution < -0.4 is 4.74 Å². The van der Waals surface area contributed by atoms with Crippen LogP contribution in [0.3, 0.4) is 0 Å². The van der Waals surface area contributed by atoms with Crippen LogP contribution in [-0.4, -0.2) is 12.8 Å². The molecule has 2 aliphatic heterocycles. The molecule has 2 aliphatic rings.